The first-order valence-corrected chi connectivity index (χ1v) is 15.2. The zero-order valence-corrected chi connectivity index (χ0v) is 24.5. The molecule has 1 saturated carbocycles. The van der Waals surface area contributed by atoms with E-state index in [0.717, 1.165) is 81.0 Å². The predicted octanol–water partition coefficient (Wildman–Crippen LogP) is 6.90. The van der Waals surface area contributed by atoms with Gasteiger partial charge in [0.25, 0.3) is 0 Å². The fourth-order valence-corrected chi connectivity index (χ4v) is 6.04. The van der Waals surface area contributed by atoms with Crippen LogP contribution in [0.5, 0.6) is 0 Å². The van der Waals surface area contributed by atoms with Crippen LogP contribution in [-0.4, -0.2) is 48.4 Å². The molecule has 1 amide bonds. The first-order chi connectivity index (χ1) is 19.0. The molecule has 0 aromatic heterocycles. The summed E-state index contributed by atoms with van der Waals surface area (Å²) >= 11 is 6.96. The number of hydrogen-bond acceptors (Lipinski definition) is 3. The average molecular weight is 549 g/mol. The van der Waals surface area contributed by atoms with Gasteiger partial charge in [0.05, 0.1) is 11.1 Å². The van der Waals surface area contributed by atoms with E-state index in [4.69, 9.17) is 16.6 Å². The van der Waals surface area contributed by atoms with Crippen molar-refractivity contribution in [3.63, 3.8) is 0 Å². The van der Waals surface area contributed by atoms with Crippen molar-refractivity contribution in [1.29, 1.82) is 0 Å². The van der Waals surface area contributed by atoms with E-state index in [1.807, 2.05) is 11.1 Å². The van der Waals surface area contributed by atoms with Crippen molar-refractivity contribution in [2.24, 2.45) is 10.9 Å². The van der Waals surface area contributed by atoms with Crippen molar-refractivity contribution in [1.82, 2.24) is 15.5 Å². The highest BCUT2D eigenvalue weighted by molar-refractivity contribution is 6.33. The van der Waals surface area contributed by atoms with Crippen LogP contribution in [0.25, 0.3) is 5.57 Å². The van der Waals surface area contributed by atoms with Gasteiger partial charge in [0.15, 0.2) is 0 Å². The normalized spacial score (nSPS) is 26.7. The van der Waals surface area contributed by atoms with Crippen molar-refractivity contribution >= 4 is 28.9 Å². The molecule has 1 aromatic carbocycles. The molecule has 2 fully saturated rings. The standard InChI is InChI=1S/C33H45ClN4O/c1-4-6-15-29(28-16-8-7-12-24(28)3)30-17-9-10-18-32(36-21-31(30)34)37-27-14-11-13-26(19-27)35-20-25-22-38(23-25)33(39)5-2/h5,7-8,12,15-17,21,25-27,35H,2,4,6,9-11,13-14,18-20,22-23H2,1,3H3,(H,36,37)/b29-15+,30-17-,31-21+/t26-,27+/m0/s1. The highest BCUT2D eigenvalue weighted by Gasteiger charge is 2.30. The first-order valence-electron chi connectivity index (χ1n) is 14.8. The van der Waals surface area contributed by atoms with Crippen LogP contribution < -0.4 is 10.6 Å². The van der Waals surface area contributed by atoms with E-state index < -0.39 is 0 Å². The van der Waals surface area contributed by atoms with Crippen molar-refractivity contribution in [2.75, 3.05) is 19.6 Å². The lowest BCUT2D eigenvalue weighted by molar-refractivity contribution is -0.131. The van der Waals surface area contributed by atoms with Crippen LogP contribution in [0.3, 0.4) is 0 Å². The molecule has 3 aliphatic rings. The smallest absolute Gasteiger partial charge is 0.245 e. The molecule has 1 aliphatic carbocycles. The number of aliphatic imine (C=N–C) groups is 1. The van der Waals surface area contributed by atoms with E-state index in [0.29, 0.717) is 18.0 Å². The summed E-state index contributed by atoms with van der Waals surface area (Å²) in [5.74, 6) is 1.63. The minimum Gasteiger partial charge on any atom is -0.349 e. The number of nitrogens with one attached hydrogen (secondary N) is 2. The number of rotatable bonds is 9. The van der Waals surface area contributed by atoms with Gasteiger partial charge in [0.1, 0.15) is 5.84 Å². The fourth-order valence-electron chi connectivity index (χ4n) is 5.81. The van der Waals surface area contributed by atoms with Crippen LogP contribution in [0.2, 0.25) is 0 Å². The lowest BCUT2D eigenvalue weighted by atomic mass is 9.90. The van der Waals surface area contributed by atoms with E-state index in [1.54, 1.807) is 0 Å². The SMILES string of the molecule is C=CC(=O)N1CC(CN[C@H]2CCC[C@@H](N=C3CCC/C=C(C(=C/CCC)/c4ccccc4C)\C(Cl)=C/N3)C2)C1. The van der Waals surface area contributed by atoms with E-state index in [1.165, 1.54) is 35.6 Å². The number of nitrogens with zero attached hydrogens (tertiary/aromatic N) is 2. The van der Waals surface area contributed by atoms with Crippen molar-refractivity contribution in [3.05, 3.63) is 77.0 Å². The Morgan fingerprint density at radius 3 is 2.85 bits per heavy atom. The lowest BCUT2D eigenvalue weighted by Crippen LogP contribution is -2.54. The molecule has 0 spiro atoms. The maximum absolute atomic E-state index is 11.7. The van der Waals surface area contributed by atoms with Crippen LogP contribution in [0.4, 0.5) is 0 Å². The Morgan fingerprint density at radius 1 is 1.26 bits per heavy atom. The molecule has 2 atom stereocenters. The second kappa shape index (κ2) is 14.7. The molecule has 210 valence electrons. The number of amidine groups is 1. The fraction of sp³-hybridized carbons (Fsp3) is 0.515. The Labute approximate surface area is 240 Å². The summed E-state index contributed by atoms with van der Waals surface area (Å²) in [5.41, 5.74) is 4.85. The minimum absolute atomic E-state index is 0.0437. The lowest BCUT2D eigenvalue weighted by Gasteiger charge is -2.40. The van der Waals surface area contributed by atoms with Crippen LogP contribution in [0.15, 0.2) is 70.9 Å². The maximum atomic E-state index is 11.7. The van der Waals surface area contributed by atoms with Gasteiger partial charge >= 0.3 is 0 Å². The van der Waals surface area contributed by atoms with Gasteiger partial charge in [-0.25, -0.2) is 0 Å². The molecular weight excluding hydrogens is 504 g/mol. The number of likely N-dealkylation sites (tertiary alicyclic amines) is 1. The molecule has 5 nitrogen and oxygen atoms in total. The second-order valence-electron chi connectivity index (χ2n) is 11.2. The molecule has 0 radical (unpaired) electrons. The largest absolute Gasteiger partial charge is 0.349 e. The summed E-state index contributed by atoms with van der Waals surface area (Å²) in [7, 11) is 0. The Bertz CT molecular complexity index is 1130. The van der Waals surface area contributed by atoms with Gasteiger partial charge in [-0.3, -0.25) is 9.79 Å². The molecule has 39 heavy (non-hydrogen) atoms. The molecule has 2 aliphatic heterocycles. The summed E-state index contributed by atoms with van der Waals surface area (Å²) in [6, 6.07) is 9.38. The zero-order chi connectivity index (χ0) is 27.6. The summed E-state index contributed by atoms with van der Waals surface area (Å²) < 4.78 is 0. The van der Waals surface area contributed by atoms with Crippen LogP contribution in [0.1, 0.15) is 75.8 Å². The Kier molecular flexibility index (Phi) is 11.0. The third kappa shape index (κ3) is 8.18. The third-order valence-corrected chi connectivity index (χ3v) is 8.39. The van der Waals surface area contributed by atoms with Crippen LogP contribution in [-0.2, 0) is 4.79 Å². The number of hydrogen-bond donors (Lipinski definition) is 2. The molecule has 6 heteroatoms. The second-order valence-corrected chi connectivity index (χ2v) is 11.6. The molecule has 1 aromatic rings. The molecule has 0 unspecified atom stereocenters. The number of carbonyl (C=O) groups excluding carboxylic acids is 1. The number of carbonyl (C=O) groups is 1. The summed E-state index contributed by atoms with van der Waals surface area (Å²) in [6.07, 6.45) is 17.6. The topological polar surface area (TPSA) is 56.7 Å². The summed E-state index contributed by atoms with van der Waals surface area (Å²) in [6.45, 7) is 10.6. The average Bonchev–Trinajstić information content (AvgIpc) is 3.00. The molecule has 0 bridgehead atoms. The zero-order valence-electron chi connectivity index (χ0n) is 23.7. The number of aryl methyl sites for hydroxylation is 1. The first kappa shape index (κ1) is 29.4. The maximum Gasteiger partial charge on any atom is 0.245 e. The quantitative estimate of drug-likeness (QED) is 0.330. The predicted molar refractivity (Wildman–Crippen MR) is 165 cm³/mol. The van der Waals surface area contributed by atoms with Gasteiger partial charge in [-0.05, 0) is 80.2 Å². The van der Waals surface area contributed by atoms with E-state index >= 15 is 0 Å². The third-order valence-electron chi connectivity index (χ3n) is 8.08. The monoisotopic (exact) mass is 548 g/mol. The summed E-state index contributed by atoms with van der Waals surface area (Å²) in [5, 5.41) is 7.99. The Balaban J connectivity index is 1.38. The van der Waals surface area contributed by atoms with Gasteiger partial charge in [0.2, 0.25) is 5.91 Å². The van der Waals surface area contributed by atoms with E-state index in [2.05, 4.69) is 67.5 Å². The number of halogens is 1. The number of unbranched alkanes of at least 4 members (excludes halogenated alkanes) is 1. The Hall–Kier alpha value is -2.63. The minimum atomic E-state index is 0.0437. The summed E-state index contributed by atoms with van der Waals surface area (Å²) in [4.78, 5) is 18.7. The Morgan fingerprint density at radius 2 is 2.08 bits per heavy atom. The van der Waals surface area contributed by atoms with E-state index in [9.17, 15) is 4.79 Å². The van der Waals surface area contributed by atoms with Crippen molar-refractivity contribution < 1.29 is 4.79 Å². The number of benzene rings is 1. The number of allylic oxidation sites excluding steroid dienone is 5. The van der Waals surface area contributed by atoms with Crippen molar-refractivity contribution in [2.45, 2.75) is 83.7 Å². The van der Waals surface area contributed by atoms with Crippen LogP contribution in [0, 0.1) is 12.8 Å². The van der Waals surface area contributed by atoms with Gasteiger partial charge in [-0.2, -0.15) is 0 Å². The molecular formula is C33H45ClN4O. The molecule has 2 heterocycles. The molecule has 1 saturated heterocycles. The molecule has 4 rings (SSSR count). The van der Waals surface area contributed by atoms with Gasteiger partial charge in [0, 0.05) is 44.2 Å². The number of amides is 1. The van der Waals surface area contributed by atoms with Gasteiger partial charge < -0.3 is 15.5 Å². The molecule has 2 N–H and O–H groups in total. The van der Waals surface area contributed by atoms with Gasteiger partial charge in [-0.1, -0.05) is 67.9 Å². The van der Waals surface area contributed by atoms with Gasteiger partial charge in [-0.15, -0.1) is 0 Å². The van der Waals surface area contributed by atoms with E-state index in [-0.39, 0.29) is 5.91 Å². The highest BCUT2D eigenvalue weighted by atomic mass is 35.5. The highest BCUT2D eigenvalue weighted by Crippen LogP contribution is 2.34. The van der Waals surface area contributed by atoms with Crippen molar-refractivity contribution in [3.8, 4) is 0 Å². The van der Waals surface area contributed by atoms with Crippen LogP contribution >= 0.6 is 11.6 Å².